The van der Waals surface area contributed by atoms with Crippen molar-refractivity contribution in [3.05, 3.63) is 35.6 Å². The quantitative estimate of drug-likeness (QED) is 0.813. The Bertz CT molecular complexity index is 592. The zero-order valence-electron chi connectivity index (χ0n) is 14.9. The Hall–Kier alpha value is -1.75. The minimum Gasteiger partial charge on any atom is -0.353 e. The molecule has 1 amide bonds. The molecule has 1 heterocycles. The van der Waals surface area contributed by atoms with Gasteiger partial charge in [0.1, 0.15) is 5.82 Å². The minimum atomic E-state index is -0.375. The number of amides is 1. The highest BCUT2D eigenvalue weighted by atomic mass is 19.1. The molecule has 0 atom stereocenters. The van der Waals surface area contributed by atoms with E-state index in [9.17, 15) is 14.0 Å². The maximum Gasteiger partial charge on any atom is 0.220 e. The van der Waals surface area contributed by atoms with E-state index in [-0.39, 0.29) is 47.5 Å². The van der Waals surface area contributed by atoms with Crippen molar-refractivity contribution >= 4 is 11.7 Å². The van der Waals surface area contributed by atoms with Crippen LogP contribution in [0.4, 0.5) is 4.39 Å². The van der Waals surface area contributed by atoms with E-state index in [1.807, 2.05) is 0 Å². The molecule has 2 rings (SSSR count). The molecule has 0 radical (unpaired) electrons. The fraction of sp³-hybridized carbons (Fsp3) is 0.579. The van der Waals surface area contributed by atoms with Crippen LogP contribution in [0.25, 0.3) is 0 Å². The number of hydrogen-bond acceptors (Lipinski definition) is 3. The third kappa shape index (κ3) is 5.41. The summed E-state index contributed by atoms with van der Waals surface area (Å²) in [6.07, 6.45) is 2.00. The Labute approximate surface area is 143 Å². The molecule has 0 aromatic heterocycles. The van der Waals surface area contributed by atoms with E-state index < -0.39 is 0 Å². The number of hydrogen-bond donors (Lipinski definition) is 2. The number of carbonyl (C=O) groups is 2. The van der Waals surface area contributed by atoms with E-state index in [0.717, 1.165) is 12.8 Å². The summed E-state index contributed by atoms with van der Waals surface area (Å²) in [5, 5.41) is 6.63. The Morgan fingerprint density at radius 1 is 1.08 bits per heavy atom. The van der Waals surface area contributed by atoms with E-state index in [2.05, 4.69) is 38.3 Å². The Morgan fingerprint density at radius 2 is 1.62 bits per heavy atom. The third-order valence-corrected chi connectivity index (χ3v) is 4.30. The molecule has 1 saturated heterocycles. The lowest BCUT2D eigenvalue weighted by Crippen LogP contribution is -2.62. The van der Waals surface area contributed by atoms with E-state index in [1.54, 1.807) is 0 Å². The fourth-order valence-corrected chi connectivity index (χ4v) is 3.73. The number of carbonyl (C=O) groups excluding carboxylic acids is 2. The van der Waals surface area contributed by atoms with Crippen LogP contribution in [0.3, 0.4) is 0 Å². The first-order valence-electron chi connectivity index (χ1n) is 8.44. The Kier molecular flexibility index (Phi) is 5.43. The lowest BCUT2D eigenvalue weighted by atomic mass is 9.79. The highest BCUT2D eigenvalue weighted by Crippen LogP contribution is 2.28. The van der Waals surface area contributed by atoms with E-state index in [0.29, 0.717) is 5.56 Å². The molecular formula is C19H27FN2O2. The van der Waals surface area contributed by atoms with Gasteiger partial charge in [0.15, 0.2) is 5.78 Å². The number of halogens is 1. The van der Waals surface area contributed by atoms with Crippen LogP contribution in [0, 0.1) is 5.82 Å². The zero-order valence-corrected chi connectivity index (χ0v) is 14.9. The van der Waals surface area contributed by atoms with Gasteiger partial charge in [-0.3, -0.25) is 9.59 Å². The van der Waals surface area contributed by atoms with Gasteiger partial charge in [0.25, 0.3) is 0 Å². The van der Waals surface area contributed by atoms with Crippen molar-refractivity contribution in [2.75, 3.05) is 0 Å². The summed E-state index contributed by atoms with van der Waals surface area (Å²) >= 11 is 0. The van der Waals surface area contributed by atoms with E-state index >= 15 is 0 Å². The first kappa shape index (κ1) is 18.6. The summed E-state index contributed by atoms with van der Waals surface area (Å²) in [7, 11) is 0. The summed E-state index contributed by atoms with van der Waals surface area (Å²) in [6.45, 7) is 8.52. The molecule has 1 fully saturated rings. The molecule has 132 valence electrons. The van der Waals surface area contributed by atoms with Gasteiger partial charge >= 0.3 is 0 Å². The van der Waals surface area contributed by atoms with Crippen molar-refractivity contribution in [3.63, 3.8) is 0 Å². The molecular weight excluding hydrogens is 307 g/mol. The number of nitrogens with one attached hydrogen (secondary N) is 2. The predicted octanol–water partition coefficient (Wildman–Crippen LogP) is 3.21. The molecule has 1 aromatic rings. The maximum atomic E-state index is 12.9. The number of ketones is 1. The van der Waals surface area contributed by atoms with Crippen molar-refractivity contribution in [1.82, 2.24) is 10.6 Å². The Balaban J connectivity index is 1.85. The van der Waals surface area contributed by atoms with Gasteiger partial charge in [0, 0.05) is 35.5 Å². The summed E-state index contributed by atoms with van der Waals surface area (Å²) in [5.41, 5.74) is 0.362. The summed E-state index contributed by atoms with van der Waals surface area (Å²) < 4.78 is 12.9. The standard InChI is InChI=1S/C19H27FN2O2/c1-18(2)11-15(12-19(3,4)22-18)21-17(24)10-9-16(23)13-5-7-14(20)8-6-13/h5-8,15,22H,9-12H2,1-4H3,(H,21,24). The van der Waals surface area contributed by atoms with Gasteiger partial charge in [0.05, 0.1) is 0 Å². The number of piperidine rings is 1. The molecule has 2 N–H and O–H groups in total. The largest absolute Gasteiger partial charge is 0.353 e. The molecule has 0 spiro atoms. The van der Waals surface area contributed by atoms with Crippen LogP contribution in [0.2, 0.25) is 0 Å². The number of benzene rings is 1. The third-order valence-electron chi connectivity index (χ3n) is 4.30. The number of rotatable bonds is 5. The molecule has 1 aromatic carbocycles. The summed E-state index contributed by atoms with van der Waals surface area (Å²) in [5.74, 6) is -0.625. The van der Waals surface area contributed by atoms with E-state index in [4.69, 9.17) is 0 Å². The van der Waals surface area contributed by atoms with E-state index in [1.165, 1.54) is 24.3 Å². The van der Waals surface area contributed by atoms with Gasteiger partial charge in [0.2, 0.25) is 5.91 Å². The lowest BCUT2D eigenvalue weighted by molar-refractivity contribution is -0.122. The monoisotopic (exact) mass is 334 g/mol. The molecule has 0 unspecified atom stereocenters. The average Bonchev–Trinajstić information content (AvgIpc) is 2.42. The molecule has 4 nitrogen and oxygen atoms in total. The van der Waals surface area contributed by atoms with Crippen LogP contribution in [-0.4, -0.2) is 28.8 Å². The molecule has 1 aliphatic rings. The molecule has 5 heteroatoms. The van der Waals surface area contributed by atoms with Gasteiger partial charge in [-0.25, -0.2) is 4.39 Å². The second kappa shape index (κ2) is 7.01. The highest BCUT2D eigenvalue weighted by molar-refractivity contribution is 5.97. The fourth-order valence-electron chi connectivity index (χ4n) is 3.73. The van der Waals surface area contributed by atoms with Crippen molar-refractivity contribution < 1.29 is 14.0 Å². The van der Waals surface area contributed by atoms with Crippen LogP contribution in [-0.2, 0) is 4.79 Å². The van der Waals surface area contributed by atoms with Gasteiger partial charge in [-0.15, -0.1) is 0 Å². The molecule has 0 saturated carbocycles. The topological polar surface area (TPSA) is 58.2 Å². The molecule has 24 heavy (non-hydrogen) atoms. The van der Waals surface area contributed by atoms with Crippen LogP contribution in [0.1, 0.15) is 63.7 Å². The smallest absolute Gasteiger partial charge is 0.220 e. The Morgan fingerprint density at radius 3 is 2.17 bits per heavy atom. The van der Waals surface area contributed by atoms with Crippen LogP contribution < -0.4 is 10.6 Å². The van der Waals surface area contributed by atoms with Gasteiger partial charge in [-0.2, -0.15) is 0 Å². The first-order valence-corrected chi connectivity index (χ1v) is 8.44. The minimum absolute atomic E-state index is 0.0381. The second-order valence-corrected chi connectivity index (χ2v) is 8.00. The van der Waals surface area contributed by atoms with Crippen molar-refractivity contribution in [3.8, 4) is 0 Å². The summed E-state index contributed by atoms with van der Waals surface area (Å²) in [4.78, 5) is 24.2. The van der Waals surface area contributed by atoms with Crippen molar-refractivity contribution in [2.24, 2.45) is 0 Å². The van der Waals surface area contributed by atoms with Gasteiger partial charge in [-0.1, -0.05) is 0 Å². The molecule has 0 aliphatic carbocycles. The molecule has 0 bridgehead atoms. The van der Waals surface area contributed by atoms with Crippen LogP contribution >= 0.6 is 0 Å². The predicted molar refractivity (Wildman–Crippen MR) is 92.4 cm³/mol. The highest BCUT2D eigenvalue weighted by Gasteiger charge is 2.38. The van der Waals surface area contributed by atoms with Crippen LogP contribution in [0.5, 0.6) is 0 Å². The number of Topliss-reactive ketones (excluding diaryl/α,β-unsaturated/α-hetero) is 1. The molecule has 1 aliphatic heterocycles. The first-order chi connectivity index (χ1) is 11.1. The normalized spacial score (nSPS) is 19.7. The lowest BCUT2D eigenvalue weighted by Gasteiger charge is -2.46. The zero-order chi connectivity index (χ0) is 18.0. The van der Waals surface area contributed by atoms with Crippen molar-refractivity contribution in [2.45, 2.75) is 70.5 Å². The second-order valence-electron chi connectivity index (χ2n) is 8.00. The van der Waals surface area contributed by atoms with Gasteiger partial charge in [-0.05, 0) is 64.8 Å². The summed E-state index contributed by atoms with van der Waals surface area (Å²) in [6, 6.07) is 5.52. The average molecular weight is 334 g/mol. The van der Waals surface area contributed by atoms with Gasteiger partial charge < -0.3 is 10.6 Å². The van der Waals surface area contributed by atoms with Crippen LogP contribution in [0.15, 0.2) is 24.3 Å². The SMILES string of the molecule is CC1(C)CC(NC(=O)CCC(=O)c2ccc(F)cc2)CC(C)(C)N1. The van der Waals surface area contributed by atoms with Crippen molar-refractivity contribution in [1.29, 1.82) is 0 Å². The maximum absolute atomic E-state index is 12.9.